The van der Waals surface area contributed by atoms with Crippen molar-refractivity contribution in [2.75, 3.05) is 7.05 Å². The molecule has 30 heavy (non-hydrogen) atoms. The minimum absolute atomic E-state index is 0.00903. The van der Waals surface area contributed by atoms with Gasteiger partial charge in [0.05, 0.1) is 11.0 Å². The Hall–Kier alpha value is -3.31. The van der Waals surface area contributed by atoms with Gasteiger partial charge in [0.2, 0.25) is 5.91 Å². The molecule has 0 fully saturated rings. The molecule has 1 aromatic heterocycles. The number of likely N-dealkylation sites (N-methyl/N-ethyl adjacent to an activating group) is 1. The molecular formula is C24H22ClN3O2. The molecule has 3 aromatic carbocycles. The van der Waals surface area contributed by atoms with E-state index in [0.717, 1.165) is 16.6 Å². The van der Waals surface area contributed by atoms with Gasteiger partial charge in [-0.15, -0.1) is 0 Å². The third-order valence-corrected chi connectivity index (χ3v) is 5.15. The van der Waals surface area contributed by atoms with Crippen molar-refractivity contribution in [3.63, 3.8) is 0 Å². The number of hydrogen-bond acceptors (Lipinski definition) is 3. The average Bonchev–Trinajstić information content (AvgIpc) is 3.11. The zero-order valence-electron chi connectivity index (χ0n) is 16.7. The lowest BCUT2D eigenvalue weighted by Gasteiger charge is -2.19. The van der Waals surface area contributed by atoms with Crippen molar-refractivity contribution in [1.82, 2.24) is 14.5 Å². The number of rotatable bonds is 7. The van der Waals surface area contributed by atoms with E-state index in [0.29, 0.717) is 23.1 Å². The third kappa shape index (κ3) is 4.63. The van der Waals surface area contributed by atoms with E-state index in [1.54, 1.807) is 17.0 Å². The normalized spacial score (nSPS) is 10.9. The molecule has 0 aliphatic heterocycles. The van der Waals surface area contributed by atoms with Crippen molar-refractivity contribution in [1.29, 1.82) is 0 Å². The van der Waals surface area contributed by atoms with E-state index in [1.807, 2.05) is 78.3 Å². The number of amides is 1. The molecule has 0 aliphatic carbocycles. The number of benzene rings is 3. The SMILES string of the molecule is CN(Cc1ccccc1)C(=O)Cn1c(COc2ccc(Cl)cc2)nc2ccccc21. The second kappa shape index (κ2) is 9.01. The highest BCUT2D eigenvalue weighted by molar-refractivity contribution is 6.30. The molecule has 0 unspecified atom stereocenters. The van der Waals surface area contributed by atoms with Gasteiger partial charge in [0.1, 0.15) is 24.7 Å². The number of nitrogens with zero attached hydrogens (tertiary/aromatic N) is 3. The van der Waals surface area contributed by atoms with E-state index < -0.39 is 0 Å². The summed E-state index contributed by atoms with van der Waals surface area (Å²) >= 11 is 5.94. The maximum Gasteiger partial charge on any atom is 0.242 e. The van der Waals surface area contributed by atoms with Crippen molar-refractivity contribution >= 4 is 28.5 Å². The van der Waals surface area contributed by atoms with E-state index in [1.165, 1.54) is 0 Å². The Balaban J connectivity index is 1.53. The van der Waals surface area contributed by atoms with Gasteiger partial charge in [0.25, 0.3) is 0 Å². The number of para-hydroxylation sites is 2. The Kier molecular flexibility index (Phi) is 6.00. The standard InChI is InChI=1S/C24H22ClN3O2/c1-27(15-18-7-3-2-4-8-18)24(29)16-28-22-10-6-5-9-21(22)26-23(28)17-30-20-13-11-19(25)12-14-20/h2-14H,15-17H2,1H3. The monoisotopic (exact) mass is 419 g/mol. The summed E-state index contributed by atoms with van der Waals surface area (Å²) in [5.41, 5.74) is 2.84. The van der Waals surface area contributed by atoms with Crippen LogP contribution in [0.3, 0.4) is 0 Å². The highest BCUT2D eigenvalue weighted by atomic mass is 35.5. The number of carbonyl (C=O) groups excluding carboxylic acids is 1. The van der Waals surface area contributed by atoms with Crippen LogP contribution in [-0.4, -0.2) is 27.4 Å². The molecular weight excluding hydrogens is 398 g/mol. The predicted octanol–water partition coefficient (Wildman–Crippen LogP) is 4.93. The fourth-order valence-electron chi connectivity index (χ4n) is 3.29. The van der Waals surface area contributed by atoms with E-state index in [-0.39, 0.29) is 19.1 Å². The number of aromatic nitrogens is 2. The minimum atomic E-state index is 0.00903. The molecule has 0 spiro atoms. The maximum absolute atomic E-state index is 12.9. The first-order valence-electron chi connectivity index (χ1n) is 9.70. The molecule has 0 radical (unpaired) electrons. The molecule has 4 aromatic rings. The summed E-state index contributed by atoms with van der Waals surface area (Å²) in [6.07, 6.45) is 0. The summed E-state index contributed by atoms with van der Waals surface area (Å²) in [6, 6.07) is 24.9. The second-order valence-electron chi connectivity index (χ2n) is 7.08. The number of carbonyl (C=O) groups is 1. The van der Waals surface area contributed by atoms with Crippen molar-refractivity contribution in [3.05, 3.63) is 95.3 Å². The van der Waals surface area contributed by atoms with Crippen LogP contribution >= 0.6 is 11.6 Å². The summed E-state index contributed by atoms with van der Waals surface area (Å²) in [4.78, 5) is 19.4. The summed E-state index contributed by atoms with van der Waals surface area (Å²) in [5, 5.41) is 0.654. The van der Waals surface area contributed by atoms with Crippen LogP contribution in [0, 0.1) is 0 Å². The van der Waals surface area contributed by atoms with Gasteiger partial charge in [-0.1, -0.05) is 54.1 Å². The van der Waals surface area contributed by atoms with Gasteiger partial charge in [0.15, 0.2) is 0 Å². The van der Waals surface area contributed by atoms with Crippen LogP contribution < -0.4 is 4.74 Å². The quantitative estimate of drug-likeness (QED) is 0.427. The van der Waals surface area contributed by atoms with Crippen LogP contribution in [0.15, 0.2) is 78.9 Å². The van der Waals surface area contributed by atoms with Crippen LogP contribution in [0.5, 0.6) is 5.75 Å². The Labute approximate surface area is 180 Å². The molecule has 1 amide bonds. The lowest BCUT2D eigenvalue weighted by atomic mass is 10.2. The molecule has 1 heterocycles. The highest BCUT2D eigenvalue weighted by Gasteiger charge is 2.17. The molecule has 0 saturated carbocycles. The van der Waals surface area contributed by atoms with Crippen molar-refractivity contribution in [2.24, 2.45) is 0 Å². The molecule has 6 heteroatoms. The van der Waals surface area contributed by atoms with Gasteiger partial charge in [-0.2, -0.15) is 0 Å². The Morgan fingerprint density at radius 1 is 1.00 bits per heavy atom. The first-order valence-corrected chi connectivity index (χ1v) is 10.1. The van der Waals surface area contributed by atoms with E-state index in [2.05, 4.69) is 4.98 Å². The Morgan fingerprint density at radius 3 is 2.47 bits per heavy atom. The van der Waals surface area contributed by atoms with Gasteiger partial charge in [0, 0.05) is 18.6 Å². The first-order chi connectivity index (χ1) is 14.6. The molecule has 0 bridgehead atoms. The van der Waals surface area contributed by atoms with E-state index in [4.69, 9.17) is 16.3 Å². The number of fused-ring (bicyclic) bond motifs is 1. The van der Waals surface area contributed by atoms with Crippen molar-refractivity contribution < 1.29 is 9.53 Å². The number of imidazole rings is 1. The Bertz CT molecular complexity index is 1140. The molecule has 4 rings (SSSR count). The largest absolute Gasteiger partial charge is 0.486 e. The smallest absolute Gasteiger partial charge is 0.242 e. The molecule has 0 atom stereocenters. The fraction of sp³-hybridized carbons (Fsp3) is 0.167. The van der Waals surface area contributed by atoms with Crippen LogP contribution in [0.2, 0.25) is 5.02 Å². The lowest BCUT2D eigenvalue weighted by Crippen LogP contribution is -2.30. The average molecular weight is 420 g/mol. The van der Waals surface area contributed by atoms with Crippen molar-refractivity contribution in [3.8, 4) is 5.75 Å². The molecule has 0 N–H and O–H groups in total. The fourth-order valence-corrected chi connectivity index (χ4v) is 3.42. The van der Waals surface area contributed by atoms with Crippen molar-refractivity contribution in [2.45, 2.75) is 19.7 Å². The van der Waals surface area contributed by atoms with Crippen LogP contribution in [-0.2, 0) is 24.5 Å². The van der Waals surface area contributed by atoms with Gasteiger partial charge in [-0.3, -0.25) is 4.79 Å². The van der Waals surface area contributed by atoms with Gasteiger partial charge >= 0.3 is 0 Å². The number of ether oxygens (including phenoxy) is 1. The summed E-state index contributed by atoms with van der Waals surface area (Å²) < 4.78 is 7.81. The van der Waals surface area contributed by atoms with Gasteiger partial charge in [-0.05, 0) is 42.0 Å². The van der Waals surface area contributed by atoms with E-state index in [9.17, 15) is 4.79 Å². The molecule has 5 nitrogen and oxygen atoms in total. The lowest BCUT2D eigenvalue weighted by molar-refractivity contribution is -0.131. The minimum Gasteiger partial charge on any atom is -0.486 e. The number of halogens is 1. The van der Waals surface area contributed by atoms with Crippen LogP contribution in [0.4, 0.5) is 0 Å². The topological polar surface area (TPSA) is 47.4 Å². The zero-order chi connectivity index (χ0) is 20.9. The molecule has 152 valence electrons. The highest BCUT2D eigenvalue weighted by Crippen LogP contribution is 2.20. The van der Waals surface area contributed by atoms with Gasteiger partial charge in [-0.25, -0.2) is 4.98 Å². The molecule has 0 saturated heterocycles. The van der Waals surface area contributed by atoms with Crippen LogP contribution in [0.25, 0.3) is 11.0 Å². The maximum atomic E-state index is 12.9. The summed E-state index contributed by atoms with van der Waals surface area (Å²) in [5.74, 6) is 1.41. The zero-order valence-corrected chi connectivity index (χ0v) is 17.4. The summed E-state index contributed by atoms with van der Waals surface area (Å²) in [6.45, 7) is 1.01. The van der Waals surface area contributed by atoms with Gasteiger partial charge < -0.3 is 14.2 Å². The second-order valence-corrected chi connectivity index (χ2v) is 7.52. The first kappa shape index (κ1) is 20.0. The predicted molar refractivity (Wildman–Crippen MR) is 118 cm³/mol. The Morgan fingerprint density at radius 2 is 1.70 bits per heavy atom. The summed E-state index contributed by atoms with van der Waals surface area (Å²) in [7, 11) is 1.82. The van der Waals surface area contributed by atoms with E-state index >= 15 is 0 Å². The molecule has 0 aliphatic rings. The third-order valence-electron chi connectivity index (χ3n) is 4.90. The van der Waals surface area contributed by atoms with Crippen LogP contribution in [0.1, 0.15) is 11.4 Å². The number of hydrogen-bond donors (Lipinski definition) is 0.